The Hall–Kier alpha value is -0.710. The van der Waals surface area contributed by atoms with Gasteiger partial charge < -0.3 is 9.47 Å². The molecule has 0 rings (SSSR count). The summed E-state index contributed by atoms with van der Waals surface area (Å²) in [5.74, 6) is -0.199. The molecule has 0 radical (unpaired) electrons. The lowest BCUT2D eigenvalue weighted by Crippen LogP contribution is -2.18. The molecule has 0 bridgehead atoms. The molecule has 0 saturated heterocycles. The third-order valence-corrected chi connectivity index (χ3v) is 11.8. The van der Waals surface area contributed by atoms with Crippen molar-refractivity contribution in [3.8, 4) is 0 Å². The Labute approximate surface area is 317 Å². The highest BCUT2D eigenvalue weighted by Gasteiger charge is 2.19. The minimum atomic E-state index is -0.105. The number of esters is 2. The summed E-state index contributed by atoms with van der Waals surface area (Å²) in [6.07, 6.45) is 44.7. The zero-order chi connectivity index (χ0) is 36.6. The molecule has 0 N–H and O–H groups in total. The molecule has 5 heteroatoms. The van der Waals surface area contributed by atoms with Crippen LogP contribution < -0.4 is 0 Å². The minimum absolute atomic E-state index is 0.0939. The quantitative estimate of drug-likeness (QED) is 0.0464. The molecule has 0 aliphatic rings. The summed E-state index contributed by atoms with van der Waals surface area (Å²) in [6.45, 7) is 9.84. The van der Waals surface area contributed by atoms with Crippen LogP contribution in [0.3, 0.4) is 0 Å². The van der Waals surface area contributed by atoms with Gasteiger partial charge in [0.1, 0.15) is 0 Å². The number of hydrogen-bond donors (Lipinski definition) is 0. The van der Waals surface area contributed by atoms with Crippen LogP contribution in [-0.2, 0) is 19.1 Å². The molecular formula is C45H88O4S. The molecule has 50 heavy (non-hydrogen) atoms. The molecule has 4 nitrogen and oxygen atoms in total. The predicted molar refractivity (Wildman–Crippen MR) is 221 cm³/mol. The second-order valence-electron chi connectivity index (χ2n) is 15.4. The van der Waals surface area contributed by atoms with Crippen LogP contribution in [0.2, 0.25) is 0 Å². The Bertz CT molecular complexity index is 699. The van der Waals surface area contributed by atoms with Gasteiger partial charge in [-0.2, -0.15) is 11.8 Å². The molecule has 0 aromatic heterocycles. The molecule has 0 aliphatic heterocycles. The number of rotatable bonds is 41. The number of thioether (sulfide) groups is 1. The standard InChI is InChI=1S/C45H88O4S/c1-5-8-10-12-14-16-18-20-22-24-26-28-30-32-34-36-38-48-44(46)40-42(4)50-43(7-3)41-45(47)49-39-37-35-33-31-29-27-25-23-21-19-17-15-13-11-9-6-2/h42-43H,5-41H2,1-4H3. The Morgan fingerprint density at radius 3 is 0.940 bits per heavy atom. The topological polar surface area (TPSA) is 52.6 Å². The molecule has 0 aromatic carbocycles. The normalized spacial score (nSPS) is 12.6. The number of unbranched alkanes of at least 4 members (excludes halogenated alkanes) is 30. The van der Waals surface area contributed by atoms with Crippen LogP contribution in [-0.4, -0.2) is 35.7 Å². The molecule has 2 atom stereocenters. The molecule has 298 valence electrons. The van der Waals surface area contributed by atoms with Crippen LogP contribution in [0.5, 0.6) is 0 Å². The van der Waals surface area contributed by atoms with Crippen LogP contribution in [0, 0.1) is 0 Å². The van der Waals surface area contributed by atoms with Crippen LogP contribution in [0.25, 0.3) is 0 Å². The van der Waals surface area contributed by atoms with E-state index >= 15 is 0 Å². The molecule has 0 amide bonds. The zero-order valence-corrected chi connectivity index (χ0v) is 35.2. The van der Waals surface area contributed by atoms with Gasteiger partial charge in [-0.15, -0.1) is 0 Å². The molecule has 2 unspecified atom stereocenters. The highest BCUT2D eigenvalue weighted by atomic mass is 32.2. The van der Waals surface area contributed by atoms with Crippen LogP contribution in [0.15, 0.2) is 0 Å². The average Bonchev–Trinajstić information content (AvgIpc) is 3.10. The summed E-state index contributed by atoms with van der Waals surface area (Å²) in [6, 6.07) is 0. The average molecular weight is 725 g/mol. The maximum absolute atomic E-state index is 12.4. The van der Waals surface area contributed by atoms with Crippen molar-refractivity contribution in [1.82, 2.24) is 0 Å². The summed E-state index contributed by atoms with van der Waals surface area (Å²) in [5, 5.41) is 0.336. The van der Waals surface area contributed by atoms with Gasteiger partial charge in [0, 0.05) is 10.5 Å². The first kappa shape index (κ1) is 49.3. The van der Waals surface area contributed by atoms with Crippen molar-refractivity contribution in [3.05, 3.63) is 0 Å². The monoisotopic (exact) mass is 725 g/mol. The third kappa shape index (κ3) is 38.5. The van der Waals surface area contributed by atoms with Gasteiger partial charge in [0.15, 0.2) is 0 Å². The number of hydrogen-bond acceptors (Lipinski definition) is 5. The largest absolute Gasteiger partial charge is 0.466 e. The number of carbonyl (C=O) groups is 2. The molecule has 0 aliphatic carbocycles. The second kappa shape index (κ2) is 41.1. The minimum Gasteiger partial charge on any atom is -0.466 e. The Kier molecular flexibility index (Phi) is 40.5. The first-order valence-corrected chi connectivity index (χ1v) is 23.4. The third-order valence-electron chi connectivity index (χ3n) is 10.3. The SMILES string of the molecule is CCCCCCCCCCCCCCCCCCOC(=O)CC(C)SC(CC)CC(=O)OCCCCCCCCCCCCCCCCCC. The van der Waals surface area contributed by atoms with E-state index in [9.17, 15) is 9.59 Å². The molecule has 0 spiro atoms. The highest BCUT2D eigenvalue weighted by molar-refractivity contribution is 8.00. The Balaban J connectivity index is 3.57. The molecule has 0 heterocycles. The van der Waals surface area contributed by atoms with Gasteiger partial charge in [0.25, 0.3) is 0 Å². The van der Waals surface area contributed by atoms with E-state index < -0.39 is 0 Å². The van der Waals surface area contributed by atoms with Gasteiger partial charge in [0.05, 0.1) is 26.1 Å². The lowest BCUT2D eigenvalue weighted by molar-refractivity contribution is -0.144. The molecule has 0 aromatic rings. The number of ether oxygens (including phenoxy) is 2. The van der Waals surface area contributed by atoms with E-state index in [4.69, 9.17) is 9.47 Å². The van der Waals surface area contributed by atoms with Crippen LogP contribution in [0.4, 0.5) is 0 Å². The summed E-state index contributed by atoms with van der Waals surface area (Å²) >= 11 is 1.73. The van der Waals surface area contributed by atoms with Crippen molar-refractivity contribution < 1.29 is 19.1 Å². The summed E-state index contributed by atoms with van der Waals surface area (Å²) in [5.41, 5.74) is 0. The Morgan fingerprint density at radius 1 is 0.400 bits per heavy atom. The van der Waals surface area contributed by atoms with Crippen molar-refractivity contribution in [2.45, 2.75) is 263 Å². The fourth-order valence-corrected chi connectivity index (χ4v) is 8.19. The van der Waals surface area contributed by atoms with Crippen LogP contribution >= 0.6 is 11.8 Å². The second-order valence-corrected chi connectivity index (χ2v) is 17.2. The smallest absolute Gasteiger partial charge is 0.306 e. The van der Waals surface area contributed by atoms with Gasteiger partial charge in [-0.25, -0.2) is 0 Å². The highest BCUT2D eigenvalue weighted by Crippen LogP contribution is 2.26. The fourth-order valence-electron chi connectivity index (χ4n) is 6.88. The van der Waals surface area contributed by atoms with Crippen molar-refractivity contribution >= 4 is 23.7 Å². The molecular weight excluding hydrogens is 637 g/mol. The van der Waals surface area contributed by atoms with E-state index in [1.807, 2.05) is 0 Å². The van der Waals surface area contributed by atoms with E-state index in [1.165, 1.54) is 180 Å². The van der Waals surface area contributed by atoms with Gasteiger partial charge >= 0.3 is 11.9 Å². The first-order valence-electron chi connectivity index (χ1n) is 22.5. The molecule has 0 saturated carbocycles. The summed E-state index contributed by atoms with van der Waals surface area (Å²) in [4.78, 5) is 24.8. The maximum atomic E-state index is 12.4. The predicted octanol–water partition coefficient (Wildman–Crippen LogP) is 15.3. The first-order chi connectivity index (χ1) is 24.5. The number of carbonyl (C=O) groups excluding carboxylic acids is 2. The van der Waals surface area contributed by atoms with Gasteiger partial charge in [-0.1, -0.05) is 220 Å². The lowest BCUT2D eigenvalue weighted by atomic mass is 10.0. The van der Waals surface area contributed by atoms with E-state index in [-0.39, 0.29) is 22.4 Å². The van der Waals surface area contributed by atoms with E-state index in [0.29, 0.717) is 26.1 Å². The van der Waals surface area contributed by atoms with Crippen molar-refractivity contribution in [3.63, 3.8) is 0 Å². The van der Waals surface area contributed by atoms with Crippen molar-refractivity contribution in [1.29, 1.82) is 0 Å². The maximum Gasteiger partial charge on any atom is 0.306 e. The van der Waals surface area contributed by atoms with E-state index in [0.717, 1.165) is 32.1 Å². The van der Waals surface area contributed by atoms with Crippen molar-refractivity contribution in [2.75, 3.05) is 13.2 Å². The van der Waals surface area contributed by atoms with Gasteiger partial charge in [-0.05, 0) is 19.3 Å². The fraction of sp³-hybridized carbons (Fsp3) is 0.956. The molecule has 0 fully saturated rings. The zero-order valence-electron chi connectivity index (χ0n) is 34.4. The van der Waals surface area contributed by atoms with Gasteiger partial charge in [0.2, 0.25) is 0 Å². The van der Waals surface area contributed by atoms with E-state index in [2.05, 4.69) is 27.7 Å². The van der Waals surface area contributed by atoms with Gasteiger partial charge in [-0.3, -0.25) is 9.59 Å². The summed E-state index contributed by atoms with van der Waals surface area (Å²) in [7, 11) is 0. The summed E-state index contributed by atoms with van der Waals surface area (Å²) < 4.78 is 11.1. The Morgan fingerprint density at radius 2 is 0.660 bits per heavy atom. The lowest BCUT2D eigenvalue weighted by Gasteiger charge is -2.18. The van der Waals surface area contributed by atoms with Crippen LogP contribution in [0.1, 0.15) is 252 Å². The van der Waals surface area contributed by atoms with E-state index in [1.54, 1.807) is 11.8 Å². The van der Waals surface area contributed by atoms with Crippen molar-refractivity contribution in [2.24, 2.45) is 0 Å².